The van der Waals surface area contributed by atoms with Crippen molar-refractivity contribution >= 4 is 17.3 Å². The molecule has 26 heavy (non-hydrogen) atoms. The largest absolute Gasteiger partial charge is 0.378 e. The Labute approximate surface area is 156 Å². The summed E-state index contributed by atoms with van der Waals surface area (Å²) in [5, 5.41) is 12.7. The van der Waals surface area contributed by atoms with E-state index in [9.17, 15) is 0 Å². The predicted molar refractivity (Wildman–Crippen MR) is 99.7 cm³/mol. The fourth-order valence-electron chi connectivity index (χ4n) is 3.02. The molecule has 8 heteroatoms. The predicted octanol–water partition coefficient (Wildman–Crippen LogP) is 2.20. The minimum atomic E-state index is -0.443. The number of rotatable bonds is 4. The third kappa shape index (κ3) is 3.41. The molecule has 1 aliphatic rings. The number of morpholine rings is 1. The van der Waals surface area contributed by atoms with Gasteiger partial charge in [0.25, 0.3) is 0 Å². The molecule has 1 fully saturated rings. The molecule has 4 rings (SSSR count). The molecular formula is C18H19ClN6O. The molecule has 1 aliphatic heterocycles. The Hall–Kier alpha value is -2.48. The van der Waals surface area contributed by atoms with Crippen molar-refractivity contribution in [2.45, 2.75) is 6.04 Å². The lowest BCUT2D eigenvalue weighted by Gasteiger charge is -2.28. The maximum absolute atomic E-state index is 6.37. The second-order valence-corrected chi connectivity index (χ2v) is 6.53. The van der Waals surface area contributed by atoms with E-state index in [0.29, 0.717) is 10.8 Å². The number of benzene rings is 2. The van der Waals surface area contributed by atoms with Gasteiger partial charge in [0.1, 0.15) is 0 Å². The number of tetrazole rings is 1. The first-order valence-corrected chi connectivity index (χ1v) is 8.82. The van der Waals surface area contributed by atoms with E-state index in [2.05, 4.69) is 32.6 Å². The van der Waals surface area contributed by atoms with Crippen LogP contribution in [0.25, 0.3) is 5.69 Å². The molecule has 0 saturated carbocycles. The summed E-state index contributed by atoms with van der Waals surface area (Å²) in [6.45, 7) is 3.32. The van der Waals surface area contributed by atoms with Gasteiger partial charge in [-0.05, 0) is 52.4 Å². The van der Waals surface area contributed by atoms with Crippen molar-refractivity contribution in [1.29, 1.82) is 0 Å². The molecule has 1 saturated heterocycles. The van der Waals surface area contributed by atoms with Crippen LogP contribution in [0.15, 0.2) is 48.5 Å². The molecule has 2 aromatic carbocycles. The molecule has 0 aliphatic carbocycles. The summed E-state index contributed by atoms with van der Waals surface area (Å²) < 4.78 is 7.07. The Morgan fingerprint density at radius 3 is 2.31 bits per heavy atom. The standard InChI is InChI=1S/C18H19ClN6O/c19-14-3-1-13(2-4-14)17(20)18-21-22-23-25(18)16-7-5-15(6-8-16)24-9-11-26-12-10-24/h1-8,17H,9-12,20H2. The van der Waals surface area contributed by atoms with Gasteiger partial charge in [-0.15, -0.1) is 5.10 Å². The molecule has 1 aromatic heterocycles. The van der Waals surface area contributed by atoms with Crippen LogP contribution in [0.3, 0.4) is 0 Å². The molecule has 0 spiro atoms. The van der Waals surface area contributed by atoms with E-state index in [4.69, 9.17) is 22.1 Å². The number of anilines is 1. The molecule has 1 atom stereocenters. The maximum Gasteiger partial charge on any atom is 0.177 e. The van der Waals surface area contributed by atoms with Crippen LogP contribution in [-0.2, 0) is 4.74 Å². The number of hydrogen-bond acceptors (Lipinski definition) is 6. The quantitative estimate of drug-likeness (QED) is 0.758. The fraction of sp³-hybridized carbons (Fsp3) is 0.278. The van der Waals surface area contributed by atoms with E-state index in [0.717, 1.165) is 43.2 Å². The SMILES string of the molecule is NC(c1ccc(Cl)cc1)c1nnnn1-c1ccc(N2CCOCC2)cc1. The zero-order chi connectivity index (χ0) is 17.9. The van der Waals surface area contributed by atoms with Crippen molar-refractivity contribution in [3.63, 3.8) is 0 Å². The lowest BCUT2D eigenvalue weighted by atomic mass is 10.1. The minimum Gasteiger partial charge on any atom is -0.378 e. The number of halogens is 1. The first kappa shape index (κ1) is 17.0. The summed E-state index contributed by atoms with van der Waals surface area (Å²) in [5.41, 5.74) is 9.29. The normalized spacial score (nSPS) is 15.8. The maximum atomic E-state index is 6.37. The van der Waals surface area contributed by atoms with Gasteiger partial charge < -0.3 is 15.4 Å². The Morgan fingerprint density at radius 1 is 0.962 bits per heavy atom. The van der Waals surface area contributed by atoms with Crippen LogP contribution in [0.1, 0.15) is 17.4 Å². The van der Waals surface area contributed by atoms with Crippen molar-refractivity contribution in [2.75, 3.05) is 31.2 Å². The number of nitrogens with zero attached hydrogens (tertiary/aromatic N) is 5. The Balaban J connectivity index is 1.59. The lowest BCUT2D eigenvalue weighted by Crippen LogP contribution is -2.36. The van der Waals surface area contributed by atoms with Crippen LogP contribution in [0, 0.1) is 0 Å². The van der Waals surface area contributed by atoms with Gasteiger partial charge >= 0.3 is 0 Å². The number of nitrogens with two attached hydrogens (primary N) is 1. The van der Waals surface area contributed by atoms with Crippen molar-refractivity contribution in [3.8, 4) is 5.69 Å². The van der Waals surface area contributed by atoms with Crippen LogP contribution >= 0.6 is 11.6 Å². The van der Waals surface area contributed by atoms with Gasteiger partial charge in [-0.25, -0.2) is 0 Å². The number of ether oxygens (including phenoxy) is 1. The summed E-state index contributed by atoms with van der Waals surface area (Å²) >= 11 is 5.95. The van der Waals surface area contributed by atoms with E-state index < -0.39 is 6.04 Å². The minimum absolute atomic E-state index is 0.443. The highest BCUT2D eigenvalue weighted by atomic mass is 35.5. The first-order valence-electron chi connectivity index (χ1n) is 8.45. The van der Waals surface area contributed by atoms with Gasteiger partial charge in [0.05, 0.1) is 24.9 Å². The van der Waals surface area contributed by atoms with Crippen molar-refractivity contribution in [1.82, 2.24) is 20.2 Å². The third-order valence-electron chi connectivity index (χ3n) is 4.47. The number of aromatic nitrogens is 4. The monoisotopic (exact) mass is 370 g/mol. The summed E-state index contributed by atoms with van der Waals surface area (Å²) in [6.07, 6.45) is 0. The van der Waals surface area contributed by atoms with E-state index in [1.54, 1.807) is 4.68 Å². The van der Waals surface area contributed by atoms with Gasteiger partial charge in [-0.3, -0.25) is 0 Å². The summed E-state index contributed by atoms with van der Waals surface area (Å²) in [4.78, 5) is 2.30. The smallest absolute Gasteiger partial charge is 0.177 e. The van der Waals surface area contributed by atoms with Crippen molar-refractivity contribution in [2.24, 2.45) is 5.73 Å². The first-order chi connectivity index (χ1) is 12.7. The van der Waals surface area contributed by atoms with Gasteiger partial charge in [0.2, 0.25) is 0 Å². The van der Waals surface area contributed by atoms with Crippen LogP contribution in [0.2, 0.25) is 5.02 Å². The topological polar surface area (TPSA) is 82.1 Å². The third-order valence-corrected chi connectivity index (χ3v) is 4.72. The molecule has 7 nitrogen and oxygen atoms in total. The fourth-order valence-corrected chi connectivity index (χ4v) is 3.14. The highest BCUT2D eigenvalue weighted by molar-refractivity contribution is 6.30. The Kier molecular flexibility index (Phi) is 4.83. The highest BCUT2D eigenvalue weighted by Crippen LogP contribution is 2.23. The molecular weight excluding hydrogens is 352 g/mol. The molecule has 2 N–H and O–H groups in total. The van der Waals surface area contributed by atoms with Gasteiger partial charge in [-0.1, -0.05) is 23.7 Å². The molecule has 1 unspecified atom stereocenters. The highest BCUT2D eigenvalue weighted by Gasteiger charge is 2.18. The Bertz CT molecular complexity index is 858. The van der Waals surface area contributed by atoms with E-state index in [-0.39, 0.29) is 0 Å². The molecule has 0 radical (unpaired) electrons. The number of hydrogen-bond donors (Lipinski definition) is 1. The van der Waals surface area contributed by atoms with Crippen LogP contribution in [-0.4, -0.2) is 46.5 Å². The van der Waals surface area contributed by atoms with Gasteiger partial charge in [0, 0.05) is 23.8 Å². The van der Waals surface area contributed by atoms with Crippen molar-refractivity contribution < 1.29 is 4.74 Å². The molecule has 3 aromatic rings. The molecule has 0 bridgehead atoms. The zero-order valence-electron chi connectivity index (χ0n) is 14.1. The molecule has 134 valence electrons. The zero-order valence-corrected chi connectivity index (χ0v) is 14.9. The van der Waals surface area contributed by atoms with E-state index in [1.165, 1.54) is 0 Å². The summed E-state index contributed by atoms with van der Waals surface area (Å²) in [7, 11) is 0. The second kappa shape index (κ2) is 7.41. The van der Waals surface area contributed by atoms with E-state index in [1.807, 2.05) is 36.4 Å². The summed E-state index contributed by atoms with van der Waals surface area (Å²) in [5.74, 6) is 0.575. The van der Waals surface area contributed by atoms with Crippen LogP contribution < -0.4 is 10.6 Å². The molecule has 2 heterocycles. The van der Waals surface area contributed by atoms with Gasteiger partial charge in [0.15, 0.2) is 5.82 Å². The van der Waals surface area contributed by atoms with Crippen LogP contribution in [0.4, 0.5) is 5.69 Å². The average Bonchev–Trinajstić information content (AvgIpc) is 3.19. The van der Waals surface area contributed by atoms with Crippen LogP contribution in [0.5, 0.6) is 0 Å². The lowest BCUT2D eigenvalue weighted by molar-refractivity contribution is 0.122. The second-order valence-electron chi connectivity index (χ2n) is 6.09. The Morgan fingerprint density at radius 2 is 1.62 bits per heavy atom. The molecule has 0 amide bonds. The van der Waals surface area contributed by atoms with Crippen molar-refractivity contribution in [3.05, 3.63) is 64.9 Å². The van der Waals surface area contributed by atoms with E-state index >= 15 is 0 Å². The van der Waals surface area contributed by atoms with Gasteiger partial charge in [-0.2, -0.15) is 4.68 Å². The average molecular weight is 371 g/mol. The summed E-state index contributed by atoms with van der Waals surface area (Å²) in [6, 6.07) is 15.1.